The lowest BCUT2D eigenvalue weighted by Gasteiger charge is -2.27. The Balaban J connectivity index is 0.000000257. The van der Waals surface area contributed by atoms with E-state index >= 15 is 0 Å². The maximum absolute atomic E-state index is 12.3. The highest BCUT2D eigenvalue weighted by Gasteiger charge is 2.25. The molecule has 5 nitrogen and oxygen atoms in total. The number of methoxy groups -OCH3 is 1. The molecule has 0 unspecified atom stereocenters. The Hall–Kier alpha value is -2.66. The Morgan fingerprint density at radius 1 is 1.03 bits per heavy atom. The number of anilines is 1. The van der Waals surface area contributed by atoms with Crippen LogP contribution in [0, 0.1) is 25.7 Å². The molecule has 34 heavy (non-hydrogen) atoms. The van der Waals surface area contributed by atoms with Crippen LogP contribution >= 0.6 is 0 Å². The minimum absolute atomic E-state index is 0.00882. The van der Waals surface area contributed by atoms with Crippen LogP contribution in [-0.2, 0) is 17.8 Å². The van der Waals surface area contributed by atoms with Gasteiger partial charge in [0.1, 0.15) is 5.75 Å². The zero-order chi connectivity index (χ0) is 25.3. The Bertz CT molecular complexity index is 974. The molecular weight excluding hydrogens is 426 g/mol. The van der Waals surface area contributed by atoms with Crippen molar-refractivity contribution < 1.29 is 19.4 Å². The molecule has 0 spiro atoms. The summed E-state index contributed by atoms with van der Waals surface area (Å²) >= 11 is 0. The van der Waals surface area contributed by atoms with E-state index in [1.165, 1.54) is 19.3 Å². The monoisotopic (exact) mass is 467 g/mol. The van der Waals surface area contributed by atoms with Crippen LogP contribution in [0.15, 0.2) is 30.3 Å². The third-order valence-corrected chi connectivity index (χ3v) is 6.92. The third kappa shape index (κ3) is 7.42. The smallest absolute Gasteiger partial charge is 0.227 e. The van der Waals surface area contributed by atoms with Gasteiger partial charge in [0, 0.05) is 23.2 Å². The molecule has 0 aromatic heterocycles. The first kappa shape index (κ1) is 27.6. The largest absolute Gasteiger partial charge is 0.496 e. The molecule has 3 rings (SSSR count). The highest BCUT2D eigenvalue weighted by atomic mass is 16.5. The van der Waals surface area contributed by atoms with Crippen molar-refractivity contribution in [3.8, 4) is 5.75 Å². The van der Waals surface area contributed by atoms with Crippen LogP contribution in [0.25, 0.3) is 0 Å². The number of rotatable bonds is 7. The second-order valence-electron chi connectivity index (χ2n) is 9.31. The molecule has 2 N–H and O–H groups in total. The quantitative estimate of drug-likeness (QED) is 0.461. The van der Waals surface area contributed by atoms with E-state index < -0.39 is 0 Å². The summed E-state index contributed by atoms with van der Waals surface area (Å²) in [5.41, 5.74) is 5.64. The summed E-state index contributed by atoms with van der Waals surface area (Å²) in [5.74, 6) is 2.03. The molecular formula is C29H41NO4. The number of nitrogens with one attached hydrogen (secondary N) is 1. The van der Waals surface area contributed by atoms with E-state index in [1.54, 1.807) is 20.1 Å². The molecule has 1 saturated carbocycles. The van der Waals surface area contributed by atoms with Gasteiger partial charge in [-0.1, -0.05) is 32.4 Å². The van der Waals surface area contributed by atoms with E-state index in [2.05, 4.69) is 12.2 Å². The Morgan fingerprint density at radius 3 is 2.24 bits per heavy atom. The Kier molecular flexibility index (Phi) is 10.8. The van der Waals surface area contributed by atoms with Crippen LogP contribution < -0.4 is 10.1 Å². The van der Waals surface area contributed by atoms with Gasteiger partial charge in [-0.2, -0.15) is 0 Å². The van der Waals surface area contributed by atoms with Gasteiger partial charge >= 0.3 is 0 Å². The molecule has 0 atom stereocenters. The summed E-state index contributed by atoms with van der Waals surface area (Å²) in [6.07, 6.45) is 6.51. The second kappa shape index (κ2) is 13.3. The SMILES string of the molecule is CCC1CCC(C(=O)Nc2ccc(C)c(OC)c2)CC1.CCc1c(C)cc(CO)cc1C(C)=O. The molecule has 0 heterocycles. The fourth-order valence-corrected chi connectivity index (χ4v) is 4.74. The number of hydrogen-bond donors (Lipinski definition) is 2. The van der Waals surface area contributed by atoms with Gasteiger partial charge in [-0.05, 0) is 93.2 Å². The average molecular weight is 468 g/mol. The van der Waals surface area contributed by atoms with Crippen molar-refractivity contribution in [1.29, 1.82) is 0 Å². The standard InChI is InChI=1S/C17H25NO2.C12H16O2/c1-4-13-6-8-14(9-7-13)17(19)18-15-10-5-12(2)16(11-15)20-3;1-4-11-8(2)5-10(7-13)6-12(11)9(3)14/h5,10-11,13-14H,4,6-9H2,1-3H3,(H,18,19);5-6,13H,4,7H2,1-3H3. The molecule has 2 aromatic rings. The van der Waals surface area contributed by atoms with Crippen molar-refractivity contribution in [2.75, 3.05) is 12.4 Å². The lowest BCUT2D eigenvalue weighted by atomic mass is 9.80. The number of aliphatic hydroxyl groups is 1. The third-order valence-electron chi connectivity index (χ3n) is 6.92. The van der Waals surface area contributed by atoms with E-state index in [1.807, 2.05) is 45.0 Å². The van der Waals surface area contributed by atoms with Gasteiger partial charge in [0.25, 0.3) is 0 Å². The van der Waals surface area contributed by atoms with Crippen LogP contribution in [-0.4, -0.2) is 23.9 Å². The average Bonchev–Trinajstić information content (AvgIpc) is 2.84. The number of aryl methyl sites for hydroxylation is 2. The van der Waals surface area contributed by atoms with Crippen molar-refractivity contribution >= 4 is 17.4 Å². The minimum Gasteiger partial charge on any atom is -0.496 e. The van der Waals surface area contributed by atoms with Gasteiger partial charge in [-0.25, -0.2) is 0 Å². The first-order valence-corrected chi connectivity index (χ1v) is 12.4. The molecule has 0 radical (unpaired) electrons. The van der Waals surface area contributed by atoms with Gasteiger partial charge < -0.3 is 15.2 Å². The van der Waals surface area contributed by atoms with Crippen LogP contribution in [0.3, 0.4) is 0 Å². The number of benzene rings is 2. The lowest BCUT2D eigenvalue weighted by molar-refractivity contribution is -0.121. The van der Waals surface area contributed by atoms with Crippen LogP contribution in [0.4, 0.5) is 5.69 Å². The number of ether oxygens (including phenoxy) is 1. The predicted molar refractivity (Wildman–Crippen MR) is 139 cm³/mol. The first-order valence-electron chi connectivity index (χ1n) is 12.4. The lowest BCUT2D eigenvalue weighted by Crippen LogP contribution is -2.27. The van der Waals surface area contributed by atoms with E-state index in [0.29, 0.717) is 0 Å². The molecule has 1 aliphatic rings. The number of Topliss-reactive ketones (excluding diaryl/α,β-unsaturated/α-hetero) is 1. The molecule has 1 amide bonds. The highest BCUT2D eigenvalue weighted by Crippen LogP contribution is 2.31. The van der Waals surface area contributed by atoms with Crippen molar-refractivity contribution in [2.45, 2.75) is 79.8 Å². The Morgan fingerprint density at radius 2 is 1.71 bits per heavy atom. The summed E-state index contributed by atoms with van der Waals surface area (Å²) in [7, 11) is 1.65. The summed E-state index contributed by atoms with van der Waals surface area (Å²) in [6, 6.07) is 9.53. The van der Waals surface area contributed by atoms with E-state index in [-0.39, 0.29) is 24.2 Å². The zero-order valence-corrected chi connectivity index (χ0v) is 21.7. The molecule has 1 aliphatic carbocycles. The number of aliphatic hydroxyl groups excluding tert-OH is 1. The van der Waals surface area contributed by atoms with Crippen molar-refractivity contribution in [1.82, 2.24) is 0 Å². The molecule has 2 aromatic carbocycles. The van der Waals surface area contributed by atoms with Crippen LogP contribution in [0.1, 0.15) is 85.5 Å². The van der Waals surface area contributed by atoms with Gasteiger partial charge in [0.2, 0.25) is 5.91 Å². The molecule has 0 saturated heterocycles. The fourth-order valence-electron chi connectivity index (χ4n) is 4.74. The molecule has 5 heteroatoms. The first-order chi connectivity index (χ1) is 16.2. The van der Waals surface area contributed by atoms with Crippen LogP contribution in [0.5, 0.6) is 5.75 Å². The summed E-state index contributed by atoms with van der Waals surface area (Å²) < 4.78 is 5.29. The number of carbonyl (C=O) groups is 2. The summed E-state index contributed by atoms with van der Waals surface area (Å²) in [5, 5.41) is 12.0. The number of carbonyl (C=O) groups excluding carboxylic acids is 2. The Labute approximate surface area is 204 Å². The normalized spacial score (nSPS) is 17.4. The molecule has 1 fully saturated rings. The second-order valence-corrected chi connectivity index (χ2v) is 9.31. The van der Waals surface area contributed by atoms with E-state index in [0.717, 1.165) is 64.4 Å². The van der Waals surface area contributed by atoms with Gasteiger partial charge in [0.15, 0.2) is 5.78 Å². The van der Waals surface area contributed by atoms with Crippen molar-refractivity contribution in [3.63, 3.8) is 0 Å². The number of amides is 1. The van der Waals surface area contributed by atoms with Gasteiger partial charge in [0.05, 0.1) is 13.7 Å². The summed E-state index contributed by atoms with van der Waals surface area (Å²) in [6.45, 7) is 9.80. The maximum atomic E-state index is 12.3. The van der Waals surface area contributed by atoms with Crippen LogP contribution in [0.2, 0.25) is 0 Å². The van der Waals surface area contributed by atoms with E-state index in [9.17, 15) is 9.59 Å². The van der Waals surface area contributed by atoms with Gasteiger partial charge in [-0.15, -0.1) is 0 Å². The summed E-state index contributed by atoms with van der Waals surface area (Å²) in [4.78, 5) is 23.7. The number of hydrogen-bond acceptors (Lipinski definition) is 4. The van der Waals surface area contributed by atoms with Crippen molar-refractivity contribution in [3.05, 3.63) is 58.1 Å². The van der Waals surface area contributed by atoms with E-state index in [4.69, 9.17) is 9.84 Å². The topological polar surface area (TPSA) is 75.6 Å². The zero-order valence-electron chi connectivity index (χ0n) is 21.7. The maximum Gasteiger partial charge on any atom is 0.227 e. The predicted octanol–water partition coefficient (Wildman–Crippen LogP) is 6.41. The fraction of sp³-hybridized carbons (Fsp3) is 0.517. The molecule has 0 aliphatic heterocycles. The van der Waals surface area contributed by atoms with Crippen molar-refractivity contribution in [2.24, 2.45) is 11.8 Å². The number of ketones is 1. The molecule has 0 bridgehead atoms. The van der Waals surface area contributed by atoms with Gasteiger partial charge in [-0.3, -0.25) is 9.59 Å². The molecule has 186 valence electrons. The highest BCUT2D eigenvalue weighted by molar-refractivity contribution is 5.96. The minimum atomic E-state index is -0.00882.